The number of anilines is 1. The minimum Gasteiger partial charge on any atom is -0.484 e. The van der Waals surface area contributed by atoms with Crippen LogP contribution in [0.4, 0.5) is 5.69 Å². The molecule has 1 fully saturated rings. The van der Waals surface area contributed by atoms with Crippen molar-refractivity contribution < 1.29 is 27.5 Å². The van der Waals surface area contributed by atoms with Crippen LogP contribution < -0.4 is 19.7 Å². The molecule has 0 aromatic heterocycles. The Bertz CT molecular complexity index is 1110. The number of benzene rings is 2. The SMILES string of the molecule is CNC(=O)C1CN(C(=O)COc2ccc(S(=O)(=O)N3CCCCC3)cc2)c2ccccc2O1. The van der Waals surface area contributed by atoms with Crippen LogP contribution in [0.5, 0.6) is 11.5 Å². The molecule has 10 heteroatoms. The highest BCUT2D eigenvalue weighted by Gasteiger charge is 2.33. The summed E-state index contributed by atoms with van der Waals surface area (Å²) >= 11 is 0. The highest BCUT2D eigenvalue weighted by Crippen LogP contribution is 2.33. The summed E-state index contributed by atoms with van der Waals surface area (Å²) in [7, 11) is -2.02. The third-order valence-electron chi connectivity index (χ3n) is 5.75. The van der Waals surface area contributed by atoms with Crippen LogP contribution in [0.25, 0.3) is 0 Å². The number of fused-ring (bicyclic) bond motifs is 1. The van der Waals surface area contributed by atoms with E-state index >= 15 is 0 Å². The molecule has 33 heavy (non-hydrogen) atoms. The van der Waals surface area contributed by atoms with Gasteiger partial charge in [0.15, 0.2) is 12.7 Å². The molecule has 4 rings (SSSR count). The fraction of sp³-hybridized carbons (Fsp3) is 0.391. The number of hydrogen-bond acceptors (Lipinski definition) is 6. The van der Waals surface area contributed by atoms with Crippen molar-refractivity contribution in [3.63, 3.8) is 0 Å². The summed E-state index contributed by atoms with van der Waals surface area (Å²) in [5.74, 6) is 0.154. The smallest absolute Gasteiger partial charge is 0.265 e. The normalized spacial score (nSPS) is 18.7. The number of nitrogens with one attached hydrogen (secondary N) is 1. The van der Waals surface area contributed by atoms with Gasteiger partial charge in [0.1, 0.15) is 11.5 Å². The van der Waals surface area contributed by atoms with Gasteiger partial charge in [0.2, 0.25) is 10.0 Å². The van der Waals surface area contributed by atoms with Gasteiger partial charge in [0.25, 0.3) is 11.8 Å². The van der Waals surface area contributed by atoms with Crippen LogP contribution in [0.3, 0.4) is 0 Å². The zero-order valence-corrected chi connectivity index (χ0v) is 19.2. The standard InChI is InChI=1S/C23H27N3O6S/c1-24-23(28)21-15-26(19-7-3-4-8-20(19)32-21)22(27)16-31-17-9-11-18(12-10-17)33(29,30)25-13-5-2-6-14-25/h3-4,7-12,21H,2,5-6,13-16H2,1H3,(H,24,28). The number of rotatable bonds is 6. The van der Waals surface area contributed by atoms with Gasteiger partial charge in [-0.1, -0.05) is 18.6 Å². The van der Waals surface area contributed by atoms with Crippen molar-refractivity contribution in [3.8, 4) is 11.5 Å². The predicted octanol–water partition coefficient (Wildman–Crippen LogP) is 1.78. The van der Waals surface area contributed by atoms with Gasteiger partial charge in [-0.2, -0.15) is 4.31 Å². The molecule has 0 bridgehead atoms. The van der Waals surface area contributed by atoms with Gasteiger partial charge in [-0.3, -0.25) is 9.59 Å². The second-order valence-corrected chi connectivity index (χ2v) is 9.86. The Kier molecular flexibility index (Phi) is 6.85. The molecule has 2 amide bonds. The molecular formula is C23H27N3O6S. The predicted molar refractivity (Wildman–Crippen MR) is 122 cm³/mol. The third-order valence-corrected chi connectivity index (χ3v) is 7.67. The van der Waals surface area contributed by atoms with E-state index in [9.17, 15) is 18.0 Å². The molecule has 1 atom stereocenters. The lowest BCUT2D eigenvalue weighted by molar-refractivity contribution is -0.128. The third kappa shape index (κ3) is 4.96. The van der Waals surface area contributed by atoms with Crippen LogP contribution in [0.2, 0.25) is 0 Å². The molecule has 2 aromatic carbocycles. The molecule has 0 saturated carbocycles. The lowest BCUT2D eigenvalue weighted by Crippen LogP contribution is -2.51. The van der Waals surface area contributed by atoms with Gasteiger partial charge < -0.3 is 19.7 Å². The first-order valence-corrected chi connectivity index (χ1v) is 12.3. The Balaban J connectivity index is 1.42. The monoisotopic (exact) mass is 473 g/mol. The summed E-state index contributed by atoms with van der Waals surface area (Å²) in [6, 6.07) is 13.1. The summed E-state index contributed by atoms with van der Waals surface area (Å²) in [6.07, 6.45) is 1.96. The lowest BCUT2D eigenvalue weighted by atomic mass is 10.1. The van der Waals surface area contributed by atoms with Crippen molar-refractivity contribution in [3.05, 3.63) is 48.5 Å². The Hall–Kier alpha value is -3.11. The topological polar surface area (TPSA) is 105 Å². The van der Waals surface area contributed by atoms with E-state index in [-0.39, 0.29) is 29.9 Å². The van der Waals surface area contributed by atoms with Crippen molar-refractivity contribution in [1.82, 2.24) is 9.62 Å². The zero-order chi connectivity index (χ0) is 23.4. The Morgan fingerprint density at radius 3 is 2.45 bits per heavy atom. The van der Waals surface area contributed by atoms with Crippen LogP contribution in [0.15, 0.2) is 53.4 Å². The van der Waals surface area contributed by atoms with Crippen molar-refractivity contribution in [2.45, 2.75) is 30.3 Å². The van der Waals surface area contributed by atoms with E-state index in [1.54, 1.807) is 36.4 Å². The number of nitrogens with zero attached hydrogens (tertiary/aromatic N) is 2. The van der Waals surface area contributed by atoms with Crippen molar-refractivity contribution in [1.29, 1.82) is 0 Å². The summed E-state index contributed by atoms with van der Waals surface area (Å²) < 4.78 is 38.4. The average Bonchev–Trinajstić information content (AvgIpc) is 2.86. The maximum atomic E-state index is 12.9. The molecule has 1 N–H and O–H groups in total. The van der Waals surface area contributed by atoms with Crippen molar-refractivity contribution in [2.75, 3.05) is 38.2 Å². The van der Waals surface area contributed by atoms with Gasteiger partial charge in [-0.05, 0) is 49.2 Å². The van der Waals surface area contributed by atoms with Gasteiger partial charge in [-0.15, -0.1) is 0 Å². The Morgan fingerprint density at radius 1 is 1.06 bits per heavy atom. The highest BCUT2D eigenvalue weighted by atomic mass is 32.2. The number of likely N-dealkylation sites (N-methyl/N-ethyl adjacent to an activating group) is 1. The second kappa shape index (κ2) is 9.80. The molecule has 1 unspecified atom stereocenters. The summed E-state index contributed by atoms with van der Waals surface area (Å²) in [5.41, 5.74) is 0.564. The molecule has 0 aliphatic carbocycles. The summed E-state index contributed by atoms with van der Waals surface area (Å²) in [4.78, 5) is 26.7. The average molecular weight is 474 g/mol. The van der Waals surface area contributed by atoms with Crippen LogP contribution in [-0.4, -0.2) is 63.9 Å². The lowest BCUT2D eigenvalue weighted by Gasteiger charge is -2.33. The van der Waals surface area contributed by atoms with Gasteiger partial charge in [0.05, 0.1) is 17.1 Å². The molecule has 2 aliphatic heterocycles. The van der Waals surface area contributed by atoms with Gasteiger partial charge in [0, 0.05) is 20.1 Å². The molecule has 9 nitrogen and oxygen atoms in total. The van der Waals surface area contributed by atoms with E-state index in [1.807, 2.05) is 0 Å². The first-order valence-electron chi connectivity index (χ1n) is 10.9. The minimum absolute atomic E-state index is 0.0614. The Morgan fingerprint density at radius 2 is 1.76 bits per heavy atom. The van der Waals surface area contributed by atoms with Crippen LogP contribution in [0.1, 0.15) is 19.3 Å². The van der Waals surface area contributed by atoms with Crippen LogP contribution in [0, 0.1) is 0 Å². The van der Waals surface area contributed by atoms with E-state index in [2.05, 4.69) is 5.32 Å². The van der Waals surface area contributed by atoms with E-state index in [0.717, 1.165) is 19.3 Å². The quantitative estimate of drug-likeness (QED) is 0.686. The van der Waals surface area contributed by atoms with Gasteiger partial charge >= 0.3 is 0 Å². The van der Waals surface area contributed by atoms with E-state index in [1.165, 1.54) is 28.4 Å². The van der Waals surface area contributed by atoms with E-state index < -0.39 is 16.1 Å². The fourth-order valence-electron chi connectivity index (χ4n) is 3.95. The number of amides is 2. The highest BCUT2D eigenvalue weighted by molar-refractivity contribution is 7.89. The zero-order valence-electron chi connectivity index (χ0n) is 18.4. The molecule has 2 aliphatic rings. The molecule has 0 spiro atoms. The molecule has 176 valence electrons. The van der Waals surface area contributed by atoms with Crippen molar-refractivity contribution in [2.24, 2.45) is 0 Å². The number of hydrogen-bond donors (Lipinski definition) is 1. The van der Waals surface area contributed by atoms with Crippen molar-refractivity contribution >= 4 is 27.5 Å². The number of carbonyl (C=O) groups is 2. The number of ether oxygens (including phenoxy) is 2. The molecule has 0 radical (unpaired) electrons. The molecule has 2 aromatic rings. The Labute approximate surface area is 193 Å². The first-order chi connectivity index (χ1) is 15.9. The number of carbonyl (C=O) groups excluding carboxylic acids is 2. The number of piperidine rings is 1. The van der Waals surface area contributed by atoms with Crippen LogP contribution >= 0.6 is 0 Å². The largest absolute Gasteiger partial charge is 0.484 e. The minimum atomic E-state index is -3.53. The summed E-state index contributed by atoms with van der Waals surface area (Å²) in [5, 5.41) is 2.54. The summed E-state index contributed by atoms with van der Waals surface area (Å²) in [6.45, 7) is 0.860. The maximum Gasteiger partial charge on any atom is 0.265 e. The number of sulfonamides is 1. The van der Waals surface area contributed by atoms with E-state index in [4.69, 9.17) is 9.47 Å². The first kappa shape index (κ1) is 23.1. The van der Waals surface area contributed by atoms with E-state index in [0.29, 0.717) is 30.3 Å². The molecule has 2 heterocycles. The van der Waals surface area contributed by atoms with Gasteiger partial charge in [-0.25, -0.2) is 8.42 Å². The van der Waals surface area contributed by atoms with Crippen LogP contribution in [-0.2, 0) is 19.6 Å². The number of para-hydroxylation sites is 2. The molecule has 1 saturated heterocycles. The fourth-order valence-corrected chi connectivity index (χ4v) is 5.47. The molecular weight excluding hydrogens is 446 g/mol. The second-order valence-electron chi connectivity index (χ2n) is 7.92. The maximum absolute atomic E-state index is 12.9.